The molecule has 0 aliphatic rings. The predicted molar refractivity (Wildman–Crippen MR) is 114 cm³/mol. The predicted octanol–water partition coefficient (Wildman–Crippen LogP) is 4.01. The molecule has 30 heavy (non-hydrogen) atoms. The van der Waals surface area contributed by atoms with Crippen molar-refractivity contribution >= 4 is 29.8 Å². The molecule has 1 aromatic heterocycles. The number of aromatic nitrogens is 2. The summed E-state index contributed by atoms with van der Waals surface area (Å²) in [6, 6.07) is 12.1. The first-order valence-corrected chi connectivity index (χ1v) is 10.1. The Balaban J connectivity index is 1.81. The fourth-order valence-corrected chi connectivity index (χ4v) is 3.21. The maximum atomic E-state index is 12.7. The van der Waals surface area contributed by atoms with Gasteiger partial charge in [0, 0.05) is 24.2 Å². The molecule has 3 rings (SSSR count). The Kier molecular flexibility index (Phi) is 6.92. The number of ether oxygens (including phenoxy) is 3. The first kappa shape index (κ1) is 21.2. The van der Waals surface area contributed by atoms with Gasteiger partial charge in [-0.1, -0.05) is 23.9 Å². The topological polar surface area (TPSA) is 79.7 Å². The second-order valence-corrected chi connectivity index (χ2v) is 6.76. The minimum atomic E-state index is -0.515. The van der Waals surface area contributed by atoms with Crippen molar-refractivity contribution in [3.05, 3.63) is 72.1 Å². The first-order chi connectivity index (χ1) is 14.5. The van der Waals surface area contributed by atoms with Gasteiger partial charge < -0.3 is 14.2 Å². The van der Waals surface area contributed by atoms with Crippen molar-refractivity contribution in [2.75, 3.05) is 20.5 Å². The van der Waals surface area contributed by atoms with Crippen molar-refractivity contribution in [2.24, 2.45) is 0 Å². The van der Waals surface area contributed by atoms with Crippen LogP contribution in [0.15, 0.2) is 66.1 Å². The largest absolute Gasteiger partial charge is 0.493 e. The Morgan fingerprint density at radius 1 is 1.10 bits per heavy atom. The summed E-state index contributed by atoms with van der Waals surface area (Å²) < 4.78 is 17.3. The van der Waals surface area contributed by atoms with E-state index < -0.39 is 11.9 Å². The van der Waals surface area contributed by atoms with E-state index in [2.05, 4.69) is 9.72 Å². The molecule has 0 radical (unpaired) electrons. The van der Waals surface area contributed by atoms with E-state index in [-0.39, 0.29) is 5.75 Å². The third-order valence-corrected chi connectivity index (χ3v) is 4.82. The second kappa shape index (κ2) is 9.80. The Hall–Kier alpha value is -3.52. The van der Waals surface area contributed by atoms with E-state index in [1.807, 2.05) is 23.1 Å². The number of thioether (sulfide) groups is 1. The Morgan fingerprint density at radius 2 is 1.93 bits per heavy atom. The van der Waals surface area contributed by atoms with Gasteiger partial charge in [-0.25, -0.2) is 14.6 Å². The van der Waals surface area contributed by atoms with Gasteiger partial charge in [-0.3, -0.25) is 4.57 Å². The fourth-order valence-electron chi connectivity index (χ4n) is 2.68. The van der Waals surface area contributed by atoms with Gasteiger partial charge >= 0.3 is 11.9 Å². The molecule has 0 saturated heterocycles. The maximum Gasteiger partial charge on any atom is 0.343 e. The quantitative estimate of drug-likeness (QED) is 0.245. The van der Waals surface area contributed by atoms with Gasteiger partial charge in [0.1, 0.15) is 0 Å². The molecule has 0 unspecified atom stereocenters. The van der Waals surface area contributed by atoms with Crippen LogP contribution in [0.3, 0.4) is 0 Å². The lowest BCUT2D eigenvalue weighted by molar-refractivity contribution is -0.134. The molecule has 0 bridgehead atoms. The lowest BCUT2D eigenvalue weighted by Gasteiger charge is -2.11. The molecule has 0 fully saturated rings. The van der Waals surface area contributed by atoms with E-state index >= 15 is 0 Å². The number of rotatable bonds is 7. The number of hydrogen-bond donors (Lipinski definition) is 0. The van der Waals surface area contributed by atoms with Crippen molar-refractivity contribution in [3.63, 3.8) is 0 Å². The summed E-state index contributed by atoms with van der Waals surface area (Å²) in [5, 5.41) is 0.817. The van der Waals surface area contributed by atoms with Crippen LogP contribution in [0, 0.1) is 0 Å². The van der Waals surface area contributed by atoms with Crippen molar-refractivity contribution in [2.45, 2.75) is 5.16 Å². The van der Waals surface area contributed by atoms with E-state index in [1.54, 1.807) is 48.7 Å². The van der Waals surface area contributed by atoms with Crippen LogP contribution in [-0.4, -0.2) is 42.0 Å². The normalized spacial score (nSPS) is 10.8. The Bertz CT molecular complexity index is 1090. The first-order valence-electron chi connectivity index (χ1n) is 8.89. The molecule has 0 N–H and O–H groups in total. The highest BCUT2D eigenvalue weighted by Crippen LogP contribution is 2.29. The second-order valence-electron chi connectivity index (χ2n) is 5.99. The number of benzene rings is 2. The molecule has 0 aliphatic carbocycles. The molecule has 0 atom stereocenters. The van der Waals surface area contributed by atoms with Gasteiger partial charge in [0.15, 0.2) is 16.7 Å². The van der Waals surface area contributed by atoms with Crippen molar-refractivity contribution < 1.29 is 23.8 Å². The standard InChI is InChI=1S/C22H20N2O5S/c1-27-19-13-15(8-10-20(25)28-2)7-9-18(19)29-21(26)16-5-4-6-17(14-16)24-12-11-23-22(24)30-3/h4-14H,1-3H3/b10-8+. The average Bonchev–Trinajstić information content (AvgIpc) is 3.27. The molecule has 7 nitrogen and oxygen atoms in total. The summed E-state index contributed by atoms with van der Waals surface area (Å²) in [5.41, 5.74) is 1.90. The van der Waals surface area contributed by atoms with Crippen LogP contribution in [-0.2, 0) is 9.53 Å². The molecule has 154 valence electrons. The lowest BCUT2D eigenvalue weighted by Crippen LogP contribution is -2.10. The molecule has 0 amide bonds. The highest BCUT2D eigenvalue weighted by molar-refractivity contribution is 7.98. The number of esters is 2. The van der Waals surface area contributed by atoms with Crippen molar-refractivity contribution in [1.82, 2.24) is 9.55 Å². The van der Waals surface area contributed by atoms with Gasteiger partial charge in [-0.15, -0.1) is 0 Å². The van der Waals surface area contributed by atoms with E-state index in [4.69, 9.17) is 9.47 Å². The molecular formula is C22H20N2O5S. The smallest absolute Gasteiger partial charge is 0.343 e. The number of nitrogens with zero attached hydrogens (tertiary/aromatic N) is 2. The maximum absolute atomic E-state index is 12.7. The highest BCUT2D eigenvalue weighted by atomic mass is 32.2. The number of imidazole rings is 1. The summed E-state index contributed by atoms with van der Waals surface area (Å²) in [4.78, 5) is 28.2. The van der Waals surface area contributed by atoms with Crippen LogP contribution in [0.25, 0.3) is 11.8 Å². The van der Waals surface area contributed by atoms with Gasteiger partial charge in [-0.05, 0) is 48.2 Å². The monoisotopic (exact) mass is 424 g/mol. The summed E-state index contributed by atoms with van der Waals surface area (Å²) >= 11 is 1.51. The molecule has 0 saturated carbocycles. The van der Waals surface area contributed by atoms with Gasteiger partial charge in [-0.2, -0.15) is 0 Å². The summed E-state index contributed by atoms with van der Waals surface area (Å²) in [6.45, 7) is 0. The van der Waals surface area contributed by atoms with Crippen LogP contribution in [0.5, 0.6) is 11.5 Å². The van der Waals surface area contributed by atoms with Crippen LogP contribution in [0.4, 0.5) is 0 Å². The van der Waals surface area contributed by atoms with Crippen LogP contribution < -0.4 is 9.47 Å². The number of carbonyl (C=O) groups is 2. The average molecular weight is 424 g/mol. The zero-order valence-corrected chi connectivity index (χ0v) is 17.5. The molecule has 8 heteroatoms. The molecule has 0 spiro atoms. The minimum Gasteiger partial charge on any atom is -0.493 e. The van der Waals surface area contributed by atoms with E-state index in [1.165, 1.54) is 32.1 Å². The number of methoxy groups -OCH3 is 2. The summed E-state index contributed by atoms with van der Waals surface area (Å²) in [6.07, 6.45) is 8.35. The summed E-state index contributed by atoms with van der Waals surface area (Å²) in [7, 11) is 2.78. The zero-order chi connectivity index (χ0) is 21.5. The zero-order valence-electron chi connectivity index (χ0n) is 16.7. The third kappa shape index (κ3) is 4.90. The minimum absolute atomic E-state index is 0.274. The number of carbonyl (C=O) groups excluding carboxylic acids is 2. The van der Waals surface area contributed by atoms with Crippen molar-refractivity contribution in [1.29, 1.82) is 0 Å². The van der Waals surface area contributed by atoms with Gasteiger partial charge in [0.05, 0.1) is 19.8 Å². The van der Waals surface area contributed by atoms with E-state index in [0.29, 0.717) is 16.9 Å². The Morgan fingerprint density at radius 3 is 2.67 bits per heavy atom. The molecule has 3 aromatic rings. The number of hydrogen-bond acceptors (Lipinski definition) is 7. The van der Waals surface area contributed by atoms with Crippen LogP contribution >= 0.6 is 11.8 Å². The van der Waals surface area contributed by atoms with E-state index in [9.17, 15) is 9.59 Å². The summed E-state index contributed by atoms with van der Waals surface area (Å²) in [5.74, 6) is -0.341. The van der Waals surface area contributed by atoms with E-state index in [0.717, 1.165) is 10.8 Å². The molecular weight excluding hydrogens is 404 g/mol. The Labute approximate surface area is 178 Å². The molecule has 2 aromatic carbocycles. The van der Waals surface area contributed by atoms with Crippen molar-refractivity contribution in [3.8, 4) is 17.2 Å². The van der Waals surface area contributed by atoms with Gasteiger partial charge in [0.2, 0.25) is 0 Å². The van der Waals surface area contributed by atoms with Gasteiger partial charge in [0.25, 0.3) is 0 Å². The third-order valence-electron chi connectivity index (χ3n) is 4.15. The van der Waals surface area contributed by atoms with Crippen LogP contribution in [0.2, 0.25) is 0 Å². The van der Waals surface area contributed by atoms with Crippen LogP contribution in [0.1, 0.15) is 15.9 Å². The SMILES string of the molecule is COC(=O)/C=C/c1ccc(OC(=O)c2cccc(-n3ccnc3SC)c2)c(OC)c1. The molecule has 1 heterocycles. The highest BCUT2D eigenvalue weighted by Gasteiger charge is 2.14. The molecule has 0 aliphatic heterocycles. The lowest BCUT2D eigenvalue weighted by atomic mass is 10.1. The fraction of sp³-hybridized carbons (Fsp3) is 0.136.